The minimum Gasteiger partial charge on any atom is -0.465 e. The van der Waals surface area contributed by atoms with Gasteiger partial charge >= 0.3 is 5.97 Å². The Morgan fingerprint density at radius 1 is 1.14 bits per heavy atom. The molecule has 0 saturated carbocycles. The van der Waals surface area contributed by atoms with Crippen molar-refractivity contribution in [2.24, 2.45) is 0 Å². The maximum absolute atomic E-state index is 12.8. The van der Waals surface area contributed by atoms with Gasteiger partial charge in [0.1, 0.15) is 6.54 Å². The summed E-state index contributed by atoms with van der Waals surface area (Å²) >= 11 is 0. The maximum atomic E-state index is 12.8. The highest BCUT2D eigenvalue weighted by Gasteiger charge is 2.24. The van der Waals surface area contributed by atoms with Crippen LogP contribution >= 0.6 is 0 Å². The minimum atomic E-state index is -0.373. The first-order chi connectivity index (χ1) is 9.77. The molecule has 1 amide bonds. The van der Waals surface area contributed by atoms with Crippen molar-refractivity contribution in [1.82, 2.24) is 4.90 Å². The van der Waals surface area contributed by atoms with E-state index in [1.165, 1.54) is 0 Å². The number of amides is 1. The molecular weight excluding hydrogens is 266 g/mol. The van der Waals surface area contributed by atoms with E-state index in [2.05, 4.69) is 0 Å². The molecule has 0 fully saturated rings. The predicted molar refractivity (Wildman–Crippen MR) is 83.5 cm³/mol. The molecule has 21 heavy (non-hydrogen) atoms. The Hall–Kier alpha value is -1.84. The second-order valence-corrected chi connectivity index (χ2v) is 5.61. The van der Waals surface area contributed by atoms with Gasteiger partial charge in [-0.05, 0) is 52.7 Å². The lowest BCUT2D eigenvalue weighted by molar-refractivity contribution is -0.144. The largest absolute Gasteiger partial charge is 0.465 e. The molecule has 0 N–H and O–H groups in total. The Balaban J connectivity index is 3.10. The summed E-state index contributed by atoms with van der Waals surface area (Å²) in [4.78, 5) is 26.1. The monoisotopic (exact) mass is 291 g/mol. The van der Waals surface area contributed by atoms with Gasteiger partial charge in [-0.1, -0.05) is 17.7 Å². The van der Waals surface area contributed by atoms with Crippen LogP contribution in [0.3, 0.4) is 0 Å². The van der Waals surface area contributed by atoms with E-state index < -0.39 is 0 Å². The molecule has 0 atom stereocenters. The topological polar surface area (TPSA) is 46.6 Å². The summed E-state index contributed by atoms with van der Waals surface area (Å²) in [6.45, 7) is 11.7. The van der Waals surface area contributed by atoms with Crippen LogP contribution in [0.15, 0.2) is 12.1 Å². The number of hydrogen-bond donors (Lipinski definition) is 0. The molecule has 0 saturated heterocycles. The molecule has 0 aliphatic carbocycles. The number of benzene rings is 1. The fraction of sp³-hybridized carbons (Fsp3) is 0.529. The Labute approximate surface area is 127 Å². The zero-order valence-electron chi connectivity index (χ0n) is 13.8. The number of carbonyl (C=O) groups excluding carboxylic acids is 2. The zero-order chi connectivity index (χ0) is 16.2. The Morgan fingerprint density at radius 3 is 2.10 bits per heavy atom. The van der Waals surface area contributed by atoms with Crippen LogP contribution in [0.1, 0.15) is 47.8 Å². The molecule has 0 spiro atoms. The smallest absolute Gasteiger partial charge is 0.325 e. The first kappa shape index (κ1) is 17.2. The number of esters is 1. The number of carbonyl (C=O) groups is 2. The van der Waals surface area contributed by atoms with Gasteiger partial charge in [0.05, 0.1) is 6.61 Å². The van der Waals surface area contributed by atoms with Crippen molar-refractivity contribution in [2.75, 3.05) is 13.2 Å². The van der Waals surface area contributed by atoms with E-state index in [-0.39, 0.29) is 24.5 Å². The molecule has 0 heterocycles. The van der Waals surface area contributed by atoms with Gasteiger partial charge in [-0.15, -0.1) is 0 Å². The van der Waals surface area contributed by atoms with Crippen LogP contribution in [0.2, 0.25) is 0 Å². The van der Waals surface area contributed by atoms with Gasteiger partial charge in [-0.25, -0.2) is 0 Å². The summed E-state index contributed by atoms with van der Waals surface area (Å²) < 4.78 is 4.96. The fourth-order valence-electron chi connectivity index (χ4n) is 2.50. The Bertz CT molecular complexity index is 512. The lowest BCUT2D eigenvalue weighted by atomic mass is 9.98. The second kappa shape index (κ2) is 7.25. The first-order valence-electron chi connectivity index (χ1n) is 7.32. The van der Waals surface area contributed by atoms with Crippen LogP contribution in [0.5, 0.6) is 0 Å². The van der Waals surface area contributed by atoms with Gasteiger partial charge in [0.25, 0.3) is 5.91 Å². The van der Waals surface area contributed by atoms with Crippen molar-refractivity contribution in [2.45, 2.75) is 47.6 Å². The molecule has 1 aromatic carbocycles. The summed E-state index contributed by atoms with van der Waals surface area (Å²) in [6, 6.07) is 3.91. The summed E-state index contributed by atoms with van der Waals surface area (Å²) in [5, 5.41) is 0. The molecule has 4 heteroatoms. The van der Waals surface area contributed by atoms with Crippen LogP contribution in [-0.4, -0.2) is 36.0 Å². The van der Waals surface area contributed by atoms with Crippen molar-refractivity contribution in [3.63, 3.8) is 0 Å². The van der Waals surface area contributed by atoms with E-state index in [0.29, 0.717) is 12.2 Å². The second-order valence-electron chi connectivity index (χ2n) is 5.61. The number of ether oxygens (including phenoxy) is 1. The summed E-state index contributed by atoms with van der Waals surface area (Å²) in [6.07, 6.45) is 0. The maximum Gasteiger partial charge on any atom is 0.325 e. The number of hydrogen-bond acceptors (Lipinski definition) is 3. The fourth-order valence-corrected chi connectivity index (χ4v) is 2.50. The first-order valence-corrected chi connectivity index (χ1v) is 7.32. The van der Waals surface area contributed by atoms with E-state index >= 15 is 0 Å². The van der Waals surface area contributed by atoms with E-state index in [4.69, 9.17) is 4.74 Å². The number of rotatable bonds is 5. The molecule has 0 bridgehead atoms. The molecule has 0 unspecified atom stereocenters. The van der Waals surface area contributed by atoms with Crippen LogP contribution in [0.4, 0.5) is 0 Å². The minimum absolute atomic E-state index is 0.0168. The molecular formula is C17H25NO3. The average Bonchev–Trinajstić information content (AvgIpc) is 2.34. The Kier molecular flexibility index (Phi) is 5.94. The van der Waals surface area contributed by atoms with E-state index in [0.717, 1.165) is 16.7 Å². The van der Waals surface area contributed by atoms with Crippen LogP contribution < -0.4 is 0 Å². The third-order valence-electron chi connectivity index (χ3n) is 3.38. The summed E-state index contributed by atoms with van der Waals surface area (Å²) in [5.74, 6) is -0.491. The molecule has 4 nitrogen and oxygen atoms in total. The molecule has 0 aliphatic heterocycles. The van der Waals surface area contributed by atoms with E-state index in [1.54, 1.807) is 11.8 Å². The Morgan fingerprint density at radius 2 is 1.67 bits per heavy atom. The predicted octanol–water partition coefficient (Wildman–Crippen LogP) is 3.03. The van der Waals surface area contributed by atoms with Gasteiger partial charge in [-0.3, -0.25) is 9.59 Å². The van der Waals surface area contributed by atoms with Crippen molar-refractivity contribution in [1.29, 1.82) is 0 Å². The van der Waals surface area contributed by atoms with Gasteiger partial charge < -0.3 is 9.64 Å². The van der Waals surface area contributed by atoms with E-state index in [1.807, 2.05) is 46.8 Å². The summed E-state index contributed by atoms with van der Waals surface area (Å²) in [7, 11) is 0. The molecule has 0 aliphatic rings. The van der Waals surface area contributed by atoms with Gasteiger partial charge in [-0.2, -0.15) is 0 Å². The van der Waals surface area contributed by atoms with Crippen molar-refractivity contribution >= 4 is 11.9 Å². The van der Waals surface area contributed by atoms with Gasteiger partial charge in [0.15, 0.2) is 0 Å². The van der Waals surface area contributed by atoms with E-state index in [9.17, 15) is 9.59 Å². The lowest BCUT2D eigenvalue weighted by Crippen LogP contribution is -2.41. The molecule has 1 aromatic rings. The number of nitrogens with zero attached hydrogens (tertiary/aromatic N) is 1. The SMILES string of the molecule is CCOC(=O)CN(C(=O)c1c(C)cc(C)cc1C)C(C)C. The third-order valence-corrected chi connectivity index (χ3v) is 3.38. The van der Waals surface area contributed by atoms with Crippen LogP contribution in [-0.2, 0) is 9.53 Å². The number of aryl methyl sites for hydroxylation is 3. The van der Waals surface area contributed by atoms with Crippen molar-refractivity contribution < 1.29 is 14.3 Å². The summed E-state index contributed by atoms with van der Waals surface area (Å²) in [5.41, 5.74) is 3.68. The molecule has 0 aromatic heterocycles. The van der Waals surface area contributed by atoms with Crippen molar-refractivity contribution in [3.8, 4) is 0 Å². The van der Waals surface area contributed by atoms with Gasteiger partial charge in [0.2, 0.25) is 0 Å². The highest BCUT2D eigenvalue weighted by Crippen LogP contribution is 2.19. The zero-order valence-corrected chi connectivity index (χ0v) is 13.8. The van der Waals surface area contributed by atoms with Gasteiger partial charge in [0, 0.05) is 11.6 Å². The normalized spacial score (nSPS) is 10.6. The lowest BCUT2D eigenvalue weighted by Gasteiger charge is -2.27. The molecule has 116 valence electrons. The standard InChI is InChI=1S/C17H25NO3/c1-7-21-15(19)10-18(11(2)3)17(20)16-13(5)8-12(4)9-14(16)6/h8-9,11H,7,10H2,1-6H3. The highest BCUT2D eigenvalue weighted by atomic mass is 16.5. The quantitative estimate of drug-likeness (QED) is 0.783. The third kappa shape index (κ3) is 4.31. The molecule has 0 radical (unpaired) electrons. The average molecular weight is 291 g/mol. The highest BCUT2D eigenvalue weighted by molar-refractivity contribution is 5.98. The van der Waals surface area contributed by atoms with Crippen LogP contribution in [0.25, 0.3) is 0 Å². The van der Waals surface area contributed by atoms with Crippen molar-refractivity contribution in [3.05, 3.63) is 34.4 Å². The van der Waals surface area contributed by atoms with Crippen LogP contribution in [0, 0.1) is 20.8 Å². The molecule has 1 rings (SSSR count).